The smallest absolute Gasteiger partial charge is 0.0710 e. The predicted molar refractivity (Wildman–Crippen MR) is 74.1 cm³/mol. The summed E-state index contributed by atoms with van der Waals surface area (Å²) in [6, 6.07) is 2.70. The van der Waals surface area contributed by atoms with Gasteiger partial charge in [0, 0.05) is 12.1 Å². The van der Waals surface area contributed by atoms with Gasteiger partial charge >= 0.3 is 0 Å². The minimum atomic E-state index is -1.08. The van der Waals surface area contributed by atoms with Crippen LogP contribution in [0.15, 0.2) is 12.3 Å². The summed E-state index contributed by atoms with van der Waals surface area (Å²) in [5.41, 5.74) is 2.21. The van der Waals surface area contributed by atoms with E-state index in [2.05, 4.69) is 58.0 Å². The first-order valence-corrected chi connectivity index (χ1v) is 9.48. The van der Waals surface area contributed by atoms with Crippen LogP contribution in [0.3, 0.4) is 0 Å². The lowest BCUT2D eigenvalue weighted by atomic mass is 10.2. The van der Waals surface area contributed by atoms with E-state index in [0.717, 1.165) is 0 Å². The summed E-state index contributed by atoms with van der Waals surface area (Å²) >= 11 is 0. The Morgan fingerprint density at radius 3 is 1.93 bits per heavy atom. The van der Waals surface area contributed by atoms with Crippen molar-refractivity contribution in [2.24, 2.45) is 0 Å². The molecule has 1 nitrogen and oxygen atoms in total. The lowest BCUT2D eigenvalue weighted by Gasteiger charge is -2.31. The Balaban J connectivity index is 3.97. The van der Waals surface area contributed by atoms with Gasteiger partial charge < -0.3 is 0 Å². The quantitative estimate of drug-likeness (QED) is 0.596. The highest BCUT2D eigenvalue weighted by Gasteiger charge is 2.17. The molecule has 0 unspecified atom stereocenters. The molecule has 0 heterocycles. The second kappa shape index (κ2) is 6.49. The van der Waals surface area contributed by atoms with Crippen molar-refractivity contribution in [2.45, 2.75) is 65.3 Å². The molecular formula is C13H29NSi. The van der Waals surface area contributed by atoms with E-state index in [1.165, 1.54) is 19.0 Å². The third-order valence-corrected chi connectivity index (χ3v) is 5.86. The average molecular weight is 227 g/mol. The summed E-state index contributed by atoms with van der Waals surface area (Å²) in [5, 5.41) is 0. The van der Waals surface area contributed by atoms with Crippen LogP contribution < -0.4 is 0 Å². The highest BCUT2D eigenvalue weighted by atomic mass is 28.3. The van der Waals surface area contributed by atoms with Gasteiger partial charge in [-0.2, -0.15) is 0 Å². The van der Waals surface area contributed by atoms with Crippen molar-refractivity contribution in [3.05, 3.63) is 12.3 Å². The predicted octanol–water partition coefficient (Wildman–Crippen LogP) is 3.93. The molecule has 0 aromatic heterocycles. The fourth-order valence-corrected chi connectivity index (χ4v) is 3.21. The van der Waals surface area contributed by atoms with Gasteiger partial charge in [0.1, 0.15) is 0 Å². The Kier molecular flexibility index (Phi) is 6.45. The fourth-order valence-electron chi connectivity index (χ4n) is 1.93. The van der Waals surface area contributed by atoms with Crippen molar-refractivity contribution in [1.82, 2.24) is 4.90 Å². The number of hydrogen-bond donors (Lipinski definition) is 0. The van der Waals surface area contributed by atoms with Crippen molar-refractivity contribution < 1.29 is 0 Å². The zero-order valence-corrected chi connectivity index (χ0v) is 12.5. The van der Waals surface area contributed by atoms with Crippen LogP contribution in [-0.2, 0) is 0 Å². The monoisotopic (exact) mass is 227 g/mol. The highest BCUT2D eigenvalue weighted by Crippen LogP contribution is 2.15. The molecule has 0 aliphatic rings. The molecule has 0 fully saturated rings. The van der Waals surface area contributed by atoms with E-state index in [0.29, 0.717) is 12.1 Å². The van der Waals surface area contributed by atoms with Crippen LogP contribution in [0.4, 0.5) is 0 Å². The minimum Gasteiger partial charge on any atom is -0.299 e. The van der Waals surface area contributed by atoms with E-state index in [1.54, 1.807) is 0 Å². The van der Waals surface area contributed by atoms with Gasteiger partial charge in [-0.25, -0.2) is 0 Å². The lowest BCUT2D eigenvalue weighted by Crippen LogP contribution is -2.38. The van der Waals surface area contributed by atoms with Gasteiger partial charge in [0.2, 0.25) is 0 Å². The number of rotatable bonds is 7. The molecule has 0 amide bonds. The number of hydrogen-bond acceptors (Lipinski definition) is 1. The Bertz CT molecular complexity index is 177. The third-order valence-electron chi connectivity index (χ3n) is 3.12. The largest absolute Gasteiger partial charge is 0.299 e. The Labute approximate surface area is 97.6 Å². The molecule has 0 aliphatic heterocycles. The molecule has 0 aromatic carbocycles. The molecule has 0 saturated carbocycles. The molecule has 0 rings (SSSR count). The lowest BCUT2D eigenvalue weighted by molar-refractivity contribution is 0.175. The Morgan fingerprint density at radius 1 is 1.13 bits per heavy atom. The third kappa shape index (κ3) is 6.16. The summed E-state index contributed by atoms with van der Waals surface area (Å²) in [6.07, 6.45) is 1.32. The Hall–Kier alpha value is -0.0831. The summed E-state index contributed by atoms with van der Waals surface area (Å²) in [5.74, 6) is 0. The highest BCUT2D eigenvalue weighted by molar-refractivity contribution is 6.82. The maximum atomic E-state index is 3.95. The van der Waals surface area contributed by atoms with Crippen LogP contribution >= 0.6 is 0 Å². The second-order valence-electron chi connectivity index (χ2n) is 5.72. The first kappa shape index (κ1) is 14.9. The molecule has 90 valence electrons. The van der Waals surface area contributed by atoms with E-state index in [-0.39, 0.29) is 0 Å². The first-order chi connectivity index (χ1) is 6.80. The van der Waals surface area contributed by atoms with E-state index in [4.69, 9.17) is 0 Å². The van der Waals surface area contributed by atoms with Gasteiger partial charge in [-0.3, -0.25) is 4.90 Å². The average Bonchev–Trinajstić information content (AvgIpc) is 2.11. The summed E-state index contributed by atoms with van der Waals surface area (Å²) < 4.78 is 0. The van der Waals surface area contributed by atoms with Crippen LogP contribution in [0.1, 0.15) is 34.1 Å². The fraction of sp³-hybridized carbons (Fsp3) is 0.846. The molecule has 0 bridgehead atoms. The molecule has 0 N–H and O–H groups in total. The van der Waals surface area contributed by atoms with E-state index < -0.39 is 8.07 Å². The second-order valence-corrected chi connectivity index (χ2v) is 10.6. The normalized spacial score (nSPS) is 12.9. The van der Waals surface area contributed by atoms with Crippen LogP contribution in [0.5, 0.6) is 0 Å². The molecule has 0 aromatic rings. The van der Waals surface area contributed by atoms with Crippen LogP contribution in [0, 0.1) is 0 Å². The van der Waals surface area contributed by atoms with Gasteiger partial charge in [0.05, 0.1) is 8.07 Å². The maximum Gasteiger partial charge on any atom is 0.0710 e. The maximum absolute atomic E-state index is 3.95. The first-order valence-electron chi connectivity index (χ1n) is 6.19. The standard InChI is InChI=1S/C13H29NSi/c1-8-15(6,7)11-9-10-14(12(2)3)13(4)5/h8,12-13H,1,9-11H2,2-7H3. The van der Waals surface area contributed by atoms with Gasteiger partial charge in [-0.1, -0.05) is 19.1 Å². The van der Waals surface area contributed by atoms with E-state index in [1.807, 2.05) is 0 Å². The molecule has 0 radical (unpaired) electrons. The number of nitrogens with zero attached hydrogens (tertiary/aromatic N) is 1. The summed E-state index contributed by atoms with van der Waals surface area (Å²) in [6.45, 7) is 19.1. The summed E-state index contributed by atoms with van der Waals surface area (Å²) in [4.78, 5) is 2.58. The topological polar surface area (TPSA) is 3.24 Å². The molecule has 0 atom stereocenters. The zero-order valence-electron chi connectivity index (χ0n) is 11.5. The van der Waals surface area contributed by atoms with Crippen molar-refractivity contribution >= 4 is 8.07 Å². The van der Waals surface area contributed by atoms with E-state index in [9.17, 15) is 0 Å². The van der Waals surface area contributed by atoms with Gasteiger partial charge in [-0.05, 0) is 40.7 Å². The van der Waals surface area contributed by atoms with Gasteiger partial charge in [0.15, 0.2) is 0 Å². The molecule has 0 spiro atoms. The molecular weight excluding hydrogens is 198 g/mol. The van der Waals surface area contributed by atoms with Gasteiger partial charge in [0.25, 0.3) is 0 Å². The zero-order chi connectivity index (χ0) is 12.1. The molecule has 2 heteroatoms. The summed E-state index contributed by atoms with van der Waals surface area (Å²) in [7, 11) is -1.08. The molecule has 0 saturated heterocycles. The van der Waals surface area contributed by atoms with Crippen molar-refractivity contribution in [3.8, 4) is 0 Å². The van der Waals surface area contributed by atoms with Crippen molar-refractivity contribution in [1.29, 1.82) is 0 Å². The van der Waals surface area contributed by atoms with Gasteiger partial charge in [-0.15, -0.1) is 12.3 Å². The van der Waals surface area contributed by atoms with Crippen molar-refractivity contribution in [2.75, 3.05) is 6.54 Å². The Morgan fingerprint density at radius 2 is 1.60 bits per heavy atom. The van der Waals surface area contributed by atoms with E-state index >= 15 is 0 Å². The minimum absolute atomic E-state index is 0.665. The SMILES string of the molecule is C=C[Si](C)(C)CCCN(C(C)C)C(C)C. The van der Waals surface area contributed by atoms with Crippen molar-refractivity contribution in [3.63, 3.8) is 0 Å². The molecule has 15 heavy (non-hydrogen) atoms. The molecule has 0 aliphatic carbocycles. The van der Waals surface area contributed by atoms with Crippen LogP contribution in [0.25, 0.3) is 0 Å². The van der Waals surface area contributed by atoms with Crippen LogP contribution in [-0.4, -0.2) is 31.6 Å². The van der Waals surface area contributed by atoms with Crippen LogP contribution in [0.2, 0.25) is 19.1 Å².